The third-order valence-corrected chi connectivity index (χ3v) is 4.29. The van der Waals surface area contributed by atoms with E-state index < -0.39 is 0 Å². The first-order valence-electron chi connectivity index (χ1n) is 8.32. The Balaban J connectivity index is 1.67. The molecule has 1 aromatic heterocycles. The lowest BCUT2D eigenvalue weighted by Crippen LogP contribution is -2.43. The van der Waals surface area contributed by atoms with Gasteiger partial charge in [-0.1, -0.05) is 43.9 Å². The van der Waals surface area contributed by atoms with Crippen LogP contribution in [0.3, 0.4) is 0 Å². The standard InChI is InChI=1S/C21H22N2O/c1-21(2)13-12-20(24)23(16-21)15-19-11-10-18(14-22-19)9-8-17-6-4-3-5-7-17/h3-7,10-11,14H,12-13,15-16H2,1-2H3. The summed E-state index contributed by atoms with van der Waals surface area (Å²) in [5, 5.41) is 0. The zero-order chi connectivity index (χ0) is 17.0. The fraction of sp³-hybridized carbons (Fsp3) is 0.333. The predicted octanol–water partition coefficient (Wildman–Crippen LogP) is 3.63. The van der Waals surface area contributed by atoms with Crippen LogP contribution >= 0.6 is 0 Å². The van der Waals surface area contributed by atoms with Crippen molar-refractivity contribution in [1.82, 2.24) is 9.88 Å². The average molecular weight is 318 g/mol. The fourth-order valence-electron chi connectivity index (χ4n) is 2.88. The van der Waals surface area contributed by atoms with Gasteiger partial charge >= 0.3 is 0 Å². The van der Waals surface area contributed by atoms with E-state index in [1.54, 1.807) is 6.20 Å². The highest BCUT2D eigenvalue weighted by atomic mass is 16.2. The van der Waals surface area contributed by atoms with Crippen LogP contribution in [0.1, 0.15) is 43.5 Å². The summed E-state index contributed by atoms with van der Waals surface area (Å²) >= 11 is 0. The second kappa shape index (κ2) is 6.88. The number of rotatable bonds is 2. The molecule has 2 aromatic rings. The maximum Gasteiger partial charge on any atom is 0.222 e. The maximum absolute atomic E-state index is 12.1. The number of carbonyl (C=O) groups is 1. The minimum Gasteiger partial charge on any atom is -0.336 e. The fourth-order valence-corrected chi connectivity index (χ4v) is 2.88. The molecule has 1 aliphatic heterocycles. The van der Waals surface area contributed by atoms with E-state index in [4.69, 9.17) is 0 Å². The summed E-state index contributed by atoms with van der Waals surface area (Å²) in [6.07, 6.45) is 3.38. The van der Waals surface area contributed by atoms with Crippen molar-refractivity contribution in [2.45, 2.75) is 33.2 Å². The van der Waals surface area contributed by atoms with Gasteiger partial charge in [-0.2, -0.15) is 0 Å². The molecule has 1 aliphatic rings. The summed E-state index contributed by atoms with van der Waals surface area (Å²) in [4.78, 5) is 18.5. The number of nitrogens with zero attached hydrogens (tertiary/aromatic N) is 2. The van der Waals surface area contributed by atoms with Gasteiger partial charge in [-0.15, -0.1) is 0 Å². The number of hydrogen-bond acceptors (Lipinski definition) is 2. The van der Waals surface area contributed by atoms with Crippen LogP contribution in [0, 0.1) is 17.3 Å². The molecule has 0 spiro atoms. The number of hydrogen-bond donors (Lipinski definition) is 0. The van der Waals surface area contributed by atoms with Crippen LogP contribution in [0.2, 0.25) is 0 Å². The van der Waals surface area contributed by atoms with E-state index in [0.717, 1.165) is 29.8 Å². The Labute approximate surface area is 143 Å². The van der Waals surface area contributed by atoms with Crippen molar-refractivity contribution in [2.75, 3.05) is 6.54 Å². The van der Waals surface area contributed by atoms with Gasteiger partial charge in [0.15, 0.2) is 0 Å². The Bertz CT molecular complexity index is 767. The first kappa shape index (κ1) is 16.3. The van der Waals surface area contributed by atoms with E-state index in [9.17, 15) is 4.79 Å². The molecule has 0 radical (unpaired) electrons. The first-order valence-corrected chi connectivity index (χ1v) is 8.32. The Morgan fingerprint density at radius 1 is 1.08 bits per heavy atom. The Hall–Kier alpha value is -2.60. The Morgan fingerprint density at radius 2 is 1.83 bits per heavy atom. The van der Waals surface area contributed by atoms with Crippen molar-refractivity contribution in [3.63, 3.8) is 0 Å². The number of likely N-dealkylation sites (tertiary alicyclic amines) is 1. The van der Waals surface area contributed by atoms with Crippen LogP contribution < -0.4 is 0 Å². The summed E-state index contributed by atoms with van der Waals surface area (Å²) < 4.78 is 0. The lowest BCUT2D eigenvalue weighted by Gasteiger charge is -2.37. The van der Waals surface area contributed by atoms with Crippen LogP contribution in [0.25, 0.3) is 0 Å². The molecule has 3 nitrogen and oxygen atoms in total. The zero-order valence-electron chi connectivity index (χ0n) is 14.2. The van der Waals surface area contributed by atoms with E-state index in [2.05, 4.69) is 30.7 Å². The summed E-state index contributed by atoms with van der Waals surface area (Å²) in [6.45, 7) is 5.79. The van der Waals surface area contributed by atoms with Gasteiger partial charge in [-0.05, 0) is 36.1 Å². The molecule has 0 bridgehead atoms. The van der Waals surface area contributed by atoms with Crippen molar-refractivity contribution in [3.8, 4) is 11.8 Å². The van der Waals surface area contributed by atoms with E-state index in [1.807, 2.05) is 47.4 Å². The molecule has 3 rings (SSSR count). The quantitative estimate of drug-likeness (QED) is 0.792. The molecule has 0 unspecified atom stereocenters. The molecule has 1 aromatic carbocycles. The van der Waals surface area contributed by atoms with Crippen molar-refractivity contribution < 1.29 is 4.79 Å². The summed E-state index contributed by atoms with van der Waals surface area (Å²) in [5.41, 5.74) is 2.97. The highest BCUT2D eigenvalue weighted by molar-refractivity contribution is 5.77. The number of amides is 1. The van der Waals surface area contributed by atoms with Gasteiger partial charge in [-0.3, -0.25) is 9.78 Å². The van der Waals surface area contributed by atoms with Gasteiger partial charge < -0.3 is 4.90 Å². The van der Waals surface area contributed by atoms with Crippen LogP contribution in [-0.2, 0) is 11.3 Å². The molecular formula is C21H22N2O. The second-order valence-corrected chi connectivity index (χ2v) is 7.07. The number of carbonyl (C=O) groups excluding carboxylic acids is 1. The molecule has 1 fully saturated rings. The van der Waals surface area contributed by atoms with Crippen LogP contribution in [0.15, 0.2) is 48.7 Å². The highest BCUT2D eigenvalue weighted by Crippen LogP contribution is 2.29. The molecule has 1 saturated heterocycles. The van der Waals surface area contributed by atoms with Gasteiger partial charge in [0, 0.05) is 30.3 Å². The molecular weight excluding hydrogens is 296 g/mol. The lowest BCUT2D eigenvalue weighted by atomic mass is 9.84. The van der Waals surface area contributed by atoms with Gasteiger partial charge in [0.05, 0.1) is 12.2 Å². The third-order valence-electron chi connectivity index (χ3n) is 4.29. The van der Waals surface area contributed by atoms with Crippen molar-refractivity contribution >= 4 is 5.91 Å². The monoisotopic (exact) mass is 318 g/mol. The minimum atomic E-state index is 0.189. The number of pyridine rings is 1. The lowest BCUT2D eigenvalue weighted by molar-refractivity contribution is -0.137. The van der Waals surface area contributed by atoms with Gasteiger partial charge in [0.25, 0.3) is 0 Å². The molecule has 1 amide bonds. The highest BCUT2D eigenvalue weighted by Gasteiger charge is 2.31. The second-order valence-electron chi connectivity index (χ2n) is 7.07. The average Bonchev–Trinajstić information content (AvgIpc) is 2.58. The molecule has 3 heteroatoms. The third kappa shape index (κ3) is 4.23. The van der Waals surface area contributed by atoms with E-state index in [0.29, 0.717) is 13.0 Å². The van der Waals surface area contributed by atoms with Gasteiger partial charge in [0.2, 0.25) is 5.91 Å². The normalized spacial score (nSPS) is 16.4. The summed E-state index contributed by atoms with van der Waals surface area (Å²) in [5.74, 6) is 6.47. The van der Waals surface area contributed by atoms with Crippen LogP contribution in [0.4, 0.5) is 0 Å². The Kier molecular flexibility index (Phi) is 4.66. The van der Waals surface area contributed by atoms with E-state index in [-0.39, 0.29) is 11.3 Å². The number of piperidine rings is 1. The van der Waals surface area contributed by atoms with Crippen LogP contribution in [0.5, 0.6) is 0 Å². The topological polar surface area (TPSA) is 33.2 Å². The largest absolute Gasteiger partial charge is 0.336 e. The molecule has 0 aliphatic carbocycles. The molecule has 122 valence electrons. The predicted molar refractivity (Wildman–Crippen MR) is 95.1 cm³/mol. The Morgan fingerprint density at radius 3 is 2.54 bits per heavy atom. The minimum absolute atomic E-state index is 0.189. The molecule has 2 heterocycles. The smallest absolute Gasteiger partial charge is 0.222 e. The van der Waals surface area contributed by atoms with E-state index >= 15 is 0 Å². The van der Waals surface area contributed by atoms with E-state index in [1.165, 1.54) is 0 Å². The van der Waals surface area contributed by atoms with Gasteiger partial charge in [0.1, 0.15) is 0 Å². The molecule has 0 atom stereocenters. The summed E-state index contributed by atoms with van der Waals surface area (Å²) in [6, 6.07) is 13.8. The molecule has 0 saturated carbocycles. The van der Waals surface area contributed by atoms with Gasteiger partial charge in [-0.25, -0.2) is 0 Å². The first-order chi connectivity index (χ1) is 11.5. The van der Waals surface area contributed by atoms with Crippen LogP contribution in [-0.4, -0.2) is 22.3 Å². The number of benzene rings is 1. The molecule has 0 N–H and O–H groups in total. The number of aromatic nitrogens is 1. The van der Waals surface area contributed by atoms with Crippen molar-refractivity contribution in [3.05, 3.63) is 65.5 Å². The zero-order valence-corrected chi connectivity index (χ0v) is 14.2. The van der Waals surface area contributed by atoms with Crippen molar-refractivity contribution in [1.29, 1.82) is 0 Å². The summed E-state index contributed by atoms with van der Waals surface area (Å²) in [7, 11) is 0. The van der Waals surface area contributed by atoms with Crippen molar-refractivity contribution in [2.24, 2.45) is 5.41 Å². The molecule has 24 heavy (non-hydrogen) atoms. The SMILES string of the molecule is CC1(C)CCC(=O)N(Cc2ccc(C#Cc3ccccc3)cn2)C1. The maximum atomic E-state index is 12.1.